The molecule has 0 heterocycles. The second-order valence-corrected chi connectivity index (χ2v) is 6.78. The molecule has 0 aromatic heterocycles. The van der Waals surface area contributed by atoms with Crippen LogP contribution in [0.25, 0.3) is 0 Å². The van der Waals surface area contributed by atoms with Crippen LogP contribution in [0.3, 0.4) is 0 Å². The summed E-state index contributed by atoms with van der Waals surface area (Å²) in [6, 6.07) is 16.2. The molecule has 0 radical (unpaired) electrons. The lowest BCUT2D eigenvalue weighted by Gasteiger charge is -2.10. The molecule has 0 unspecified atom stereocenters. The maximum atomic E-state index is 12.4. The van der Waals surface area contributed by atoms with Crippen LogP contribution in [0.15, 0.2) is 65.8 Å². The zero-order valence-electron chi connectivity index (χ0n) is 17.3. The van der Waals surface area contributed by atoms with Crippen molar-refractivity contribution >= 4 is 23.6 Å². The summed E-state index contributed by atoms with van der Waals surface area (Å²) in [6.07, 6.45) is 1.61. The number of nitro benzene ring substituents is 1. The van der Waals surface area contributed by atoms with Crippen LogP contribution in [0, 0.1) is 24.0 Å². The Kier molecular flexibility index (Phi) is 6.61. The van der Waals surface area contributed by atoms with Gasteiger partial charge in [-0.25, -0.2) is 4.79 Å². The lowest BCUT2D eigenvalue weighted by atomic mass is 10.1. The molecule has 8 nitrogen and oxygen atoms in total. The Hall–Kier alpha value is -4.20. The van der Waals surface area contributed by atoms with Crippen molar-refractivity contribution in [1.29, 1.82) is 0 Å². The van der Waals surface area contributed by atoms with Crippen molar-refractivity contribution < 1.29 is 19.2 Å². The van der Waals surface area contributed by atoms with Gasteiger partial charge in [0.1, 0.15) is 0 Å². The van der Waals surface area contributed by atoms with Gasteiger partial charge in [0, 0.05) is 12.1 Å². The molecule has 0 saturated carbocycles. The highest BCUT2D eigenvalue weighted by Crippen LogP contribution is 2.29. The molecule has 8 heteroatoms. The second kappa shape index (κ2) is 9.53. The van der Waals surface area contributed by atoms with Crippen molar-refractivity contribution in [2.75, 3.05) is 12.5 Å². The number of nitro groups is 1. The number of nitrogens with one attached hydrogen (secondary N) is 1. The highest BCUT2D eigenvalue weighted by atomic mass is 16.6. The molecule has 31 heavy (non-hydrogen) atoms. The number of benzene rings is 3. The van der Waals surface area contributed by atoms with E-state index in [1.54, 1.807) is 24.4 Å². The average molecular weight is 419 g/mol. The average Bonchev–Trinajstić information content (AvgIpc) is 2.77. The highest BCUT2D eigenvalue weighted by molar-refractivity contribution is 5.92. The smallest absolute Gasteiger partial charge is 0.343 e. The number of methoxy groups -OCH3 is 1. The minimum absolute atomic E-state index is 0.0690. The second-order valence-electron chi connectivity index (χ2n) is 6.78. The van der Waals surface area contributed by atoms with Gasteiger partial charge in [0.05, 0.1) is 29.5 Å². The summed E-state index contributed by atoms with van der Waals surface area (Å²) in [4.78, 5) is 22.7. The number of hydrogen-bond donors (Lipinski definition) is 1. The monoisotopic (exact) mass is 419 g/mol. The Labute approximate surface area is 179 Å². The van der Waals surface area contributed by atoms with Crippen molar-refractivity contribution in [3.8, 4) is 11.5 Å². The molecule has 0 aliphatic carbocycles. The topological polar surface area (TPSA) is 103 Å². The first kappa shape index (κ1) is 21.5. The van der Waals surface area contributed by atoms with E-state index in [-0.39, 0.29) is 17.0 Å². The fraction of sp³-hybridized carbons (Fsp3) is 0.130. The van der Waals surface area contributed by atoms with Crippen LogP contribution in [-0.4, -0.2) is 24.2 Å². The maximum Gasteiger partial charge on any atom is 0.343 e. The first-order chi connectivity index (χ1) is 14.9. The van der Waals surface area contributed by atoms with Gasteiger partial charge < -0.3 is 9.47 Å². The third-order valence-electron chi connectivity index (χ3n) is 4.60. The normalized spacial score (nSPS) is 10.7. The standard InChI is InChI=1S/C23H21N3O5/c1-15-7-9-19(11-16(15)2)25-24-14-17-8-10-21(22(12-17)30-3)31-23(27)18-5-4-6-20(13-18)26(28)29/h4-14,25H,1-3H3. The number of rotatable bonds is 7. The third kappa shape index (κ3) is 5.45. The molecule has 0 aliphatic rings. The van der Waals surface area contributed by atoms with E-state index in [1.807, 2.05) is 32.0 Å². The summed E-state index contributed by atoms with van der Waals surface area (Å²) in [5, 5.41) is 15.1. The van der Waals surface area contributed by atoms with E-state index in [0.717, 1.165) is 22.9 Å². The van der Waals surface area contributed by atoms with Gasteiger partial charge in [-0.1, -0.05) is 12.1 Å². The van der Waals surface area contributed by atoms with Crippen molar-refractivity contribution in [1.82, 2.24) is 0 Å². The fourth-order valence-corrected chi connectivity index (χ4v) is 2.75. The van der Waals surface area contributed by atoms with Crippen molar-refractivity contribution in [3.63, 3.8) is 0 Å². The Balaban J connectivity index is 1.72. The van der Waals surface area contributed by atoms with Crippen molar-refractivity contribution in [2.24, 2.45) is 5.10 Å². The van der Waals surface area contributed by atoms with Gasteiger partial charge in [0.15, 0.2) is 11.5 Å². The number of ether oxygens (including phenoxy) is 2. The zero-order valence-corrected chi connectivity index (χ0v) is 17.3. The van der Waals surface area contributed by atoms with Crippen LogP contribution in [0.2, 0.25) is 0 Å². The van der Waals surface area contributed by atoms with Crippen LogP contribution in [-0.2, 0) is 0 Å². The van der Waals surface area contributed by atoms with Gasteiger partial charge in [-0.05, 0) is 66.9 Å². The predicted molar refractivity (Wildman–Crippen MR) is 118 cm³/mol. The first-order valence-electron chi connectivity index (χ1n) is 9.38. The number of aryl methyl sites for hydroxylation is 2. The highest BCUT2D eigenvalue weighted by Gasteiger charge is 2.16. The van der Waals surface area contributed by atoms with Crippen molar-refractivity contribution in [2.45, 2.75) is 13.8 Å². The summed E-state index contributed by atoms with van der Waals surface area (Å²) in [7, 11) is 1.45. The molecule has 0 saturated heterocycles. The predicted octanol–water partition coefficient (Wildman–Crippen LogP) is 4.89. The number of nitrogens with zero attached hydrogens (tertiary/aromatic N) is 2. The third-order valence-corrected chi connectivity index (χ3v) is 4.60. The van der Waals surface area contributed by atoms with Crippen LogP contribution >= 0.6 is 0 Å². The Morgan fingerprint density at radius 2 is 1.84 bits per heavy atom. The van der Waals surface area contributed by atoms with Crippen LogP contribution in [0.1, 0.15) is 27.0 Å². The van der Waals surface area contributed by atoms with E-state index >= 15 is 0 Å². The summed E-state index contributed by atoms with van der Waals surface area (Å²) < 4.78 is 10.7. The number of hydrogen-bond acceptors (Lipinski definition) is 7. The number of carbonyl (C=O) groups excluding carboxylic acids is 1. The first-order valence-corrected chi connectivity index (χ1v) is 9.38. The summed E-state index contributed by atoms with van der Waals surface area (Å²) >= 11 is 0. The largest absolute Gasteiger partial charge is 0.493 e. The van der Waals surface area contributed by atoms with Crippen LogP contribution in [0.4, 0.5) is 11.4 Å². The molecule has 0 spiro atoms. The number of hydrazone groups is 1. The molecule has 158 valence electrons. The molecule has 0 aliphatic heterocycles. The van der Waals surface area contributed by atoms with Gasteiger partial charge in [0.25, 0.3) is 5.69 Å². The summed E-state index contributed by atoms with van der Waals surface area (Å²) in [5.41, 5.74) is 6.81. The molecule has 0 fully saturated rings. The van der Waals surface area contributed by atoms with Crippen molar-refractivity contribution in [3.05, 3.63) is 93.0 Å². The SMILES string of the molecule is COc1cc(C=NNc2ccc(C)c(C)c2)ccc1OC(=O)c1cccc([N+](=O)[O-])c1. The Morgan fingerprint density at radius 1 is 1.03 bits per heavy atom. The molecule has 3 rings (SSSR count). The lowest BCUT2D eigenvalue weighted by Crippen LogP contribution is -2.09. The Bertz CT molecular complexity index is 1160. The van der Waals surface area contributed by atoms with E-state index in [0.29, 0.717) is 5.75 Å². The minimum Gasteiger partial charge on any atom is -0.493 e. The fourth-order valence-electron chi connectivity index (χ4n) is 2.75. The summed E-state index contributed by atoms with van der Waals surface area (Å²) in [6.45, 7) is 4.07. The van der Waals surface area contributed by atoms with Gasteiger partial charge in [-0.3, -0.25) is 15.5 Å². The van der Waals surface area contributed by atoms with E-state index in [2.05, 4.69) is 10.5 Å². The molecule has 3 aromatic carbocycles. The van der Waals surface area contributed by atoms with Gasteiger partial charge in [-0.2, -0.15) is 5.10 Å². The van der Waals surface area contributed by atoms with Crippen LogP contribution < -0.4 is 14.9 Å². The molecule has 0 bridgehead atoms. The van der Waals surface area contributed by atoms with E-state index in [9.17, 15) is 14.9 Å². The summed E-state index contributed by atoms with van der Waals surface area (Å²) in [5.74, 6) is -0.202. The van der Waals surface area contributed by atoms with E-state index in [4.69, 9.17) is 9.47 Å². The number of carbonyl (C=O) groups is 1. The molecule has 0 amide bonds. The van der Waals surface area contributed by atoms with Crippen LogP contribution in [0.5, 0.6) is 11.5 Å². The maximum absolute atomic E-state index is 12.4. The van der Waals surface area contributed by atoms with Gasteiger partial charge >= 0.3 is 5.97 Å². The number of anilines is 1. The Morgan fingerprint density at radius 3 is 2.55 bits per heavy atom. The number of esters is 1. The molecular weight excluding hydrogens is 398 g/mol. The minimum atomic E-state index is -0.722. The van der Waals surface area contributed by atoms with Gasteiger partial charge in [-0.15, -0.1) is 0 Å². The molecule has 0 atom stereocenters. The lowest BCUT2D eigenvalue weighted by molar-refractivity contribution is -0.384. The quantitative estimate of drug-likeness (QED) is 0.192. The molecule has 3 aromatic rings. The molecular formula is C23H21N3O5. The number of non-ortho nitro benzene ring substituents is 1. The van der Waals surface area contributed by atoms with Gasteiger partial charge in [0.2, 0.25) is 0 Å². The molecule has 1 N–H and O–H groups in total. The zero-order chi connectivity index (χ0) is 22.4. The van der Waals surface area contributed by atoms with E-state index < -0.39 is 10.9 Å². The van der Waals surface area contributed by atoms with E-state index in [1.165, 1.54) is 30.9 Å².